The lowest BCUT2D eigenvalue weighted by atomic mass is 10.1. The fraction of sp³-hybridized carbons (Fsp3) is 0.143. The van der Waals surface area contributed by atoms with Crippen LogP contribution < -0.4 is 5.32 Å². The molecule has 2 heterocycles. The first-order chi connectivity index (χ1) is 14.9. The molecule has 7 nitrogen and oxygen atoms in total. The van der Waals surface area contributed by atoms with Crippen LogP contribution >= 0.6 is 39.0 Å². The topological polar surface area (TPSA) is 92.9 Å². The molecule has 2 aromatic heterocycles. The Morgan fingerprint density at radius 1 is 1.23 bits per heavy atom. The van der Waals surface area contributed by atoms with E-state index in [-0.39, 0.29) is 17.4 Å². The number of anilines is 1. The van der Waals surface area contributed by atoms with Gasteiger partial charge in [-0.1, -0.05) is 57.5 Å². The van der Waals surface area contributed by atoms with Crippen LogP contribution in [-0.4, -0.2) is 36.5 Å². The van der Waals surface area contributed by atoms with Gasteiger partial charge in [-0.2, -0.15) is 0 Å². The molecule has 158 valence electrons. The lowest BCUT2D eigenvalue weighted by Gasteiger charge is -2.06. The van der Waals surface area contributed by atoms with Crippen molar-refractivity contribution in [3.05, 3.63) is 57.9 Å². The van der Waals surface area contributed by atoms with Crippen molar-refractivity contribution in [1.29, 1.82) is 0 Å². The largest absolute Gasteiger partial charge is 0.507 e. The molecule has 1 amide bonds. The molecule has 0 saturated heterocycles. The van der Waals surface area contributed by atoms with Gasteiger partial charge in [0.15, 0.2) is 16.1 Å². The maximum absolute atomic E-state index is 12.4. The van der Waals surface area contributed by atoms with Crippen LogP contribution in [0.15, 0.2) is 57.5 Å². The molecule has 0 aliphatic rings. The predicted octanol–water partition coefficient (Wildman–Crippen LogP) is 5.11. The zero-order valence-electron chi connectivity index (χ0n) is 16.7. The third kappa shape index (κ3) is 4.97. The summed E-state index contributed by atoms with van der Waals surface area (Å²) in [6.07, 6.45) is 0. The van der Waals surface area contributed by atoms with Crippen LogP contribution in [0.4, 0.5) is 5.13 Å². The van der Waals surface area contributed by atoms with Gasteiger partial charge in [-0.05, 0) is 25.1 Å². The molecule has 0 radical (unpaired) electrons. The Labute approximate surface area is 195 Å². The van der Waals surface area contributed by atoms with E-state index in [4.69, 9.17) is 0 Å². The molecule has 0 bridgehead atoms. The number of halogens is 1. The van der Waals surface area contributed by atoms with Crippen molar-refractivity contribution in [1.82, 2.24) is 19.7 Å². The van der Waals surface area contributed by atoms with E-state index in [2.05, 4.69) is 36.4 Å². The van der Waals surface area contributed by atoms with Gasteiger partial charge < -0.3 is 15.0 Å². The highest BCUT2D eigenvalue weighted by Gasteiger charge is 2.16. The summed E-state index contributed by atoms with van der Waals surface area (Å²) in [6, 6.07) is 13.2. The molecule has 0 saturated carbocycles. The SMILES string of the molecule is Cc1ccc(-c2csc(NC(=O)CSc3nnc(-c4cc(Br)ccc4O)n3C)n2)cc1. The number of nitrogens with one attached hydrogen (secondary N) is 1. The van der Waals surface area contributed by atoms with Crippen molar-refractivity contribution in [2.45, 2.75) is 12.1 Å². The molecule has 4 aromatic rings. The molecule has 0 aliphatic heterocycles. The van der Waals surface area contributed by atoms with Gasteiger partial charge in [0.1, 0.15) is 5.75 Å². The van der Waals surface area contributed by atoms with E-state index in [1.165, 1.54) is 28.7 Å². The highest BCUT2D eigenvalue weighted by molar-refractivity contribution is 9.10. The quantitative estimate of drug-likeness (QED) is 0.346. The van der Waals surface area contributed by atoms with Gasteiger partial charge in [-0.3, -0.25) is 4.79 Å². The second-order valence-electron chi connectivity index (χ2n) is 6.77. The maximum atomic E-state index is 12.4. The summed E-state index contributed by atoms with van der Waals surface area (Å²) in [7, 11) is 1.80. The van der Waals surface area contributed by atoms with Crippen molar-refractivity contribution < 1.29 is 9.90 Å². The first-order valence-corrected chi connectivity index (χ1v) is 11.9. The van der Waals surface area contributed by atoms with E-state index < -0.39 is 0 Å². The van der Waals surface area contributed by atoms with Gasteiger partial charge >= 0.3 is 0 Å². The zero-order valence-corrected chi connectivity index (χ0v) is 19.9. The number of phenolic OH excluding ortho intramolecular Hbond substituents is 1. The first-order valence-electron chi connectivity index (χ1n) is 9.24. The molecule has 0 fully saturated rings. The third-order valence-electron chi connectivity index (χ3n) is 4.46. The predicted molar refractivity (Wildman–Crippen MR) is 127 cm³/mol. The fourth-order valence-electron chi connectivity index (χ4n) is 2.84. The van der Waals surface area contributed by atoms with E-state index in [1.807, 2.05) is 36.6 Å². The number of benzene rings is 2. The number of hydrogen-bond donors (Lipinski definition) is 2. The number of nitrogens with zero attached hydrogens (tertiary/aromatic N) is 4. The summed E-state index contributed by atoms with van der Waals surface area (Å²) >= 11 is 6.05. The average molecular weight is 516 g/mol. The Morgan fingerprint density at radius 3 is 2.77 bits per heavy atom. The molecule has 0 atom stereocenters. The van der Waals surface area contributed by atoms with E-state index in [9.17, 15) is 9.90 Å². The molecule has 0 unspecified atom stereocenters. The van der Waals surface area contributed by atoms with Crippen molar-refractivity contribution in [3.8, 4) is 28.4 Å². The number of carbonyl (C=O) groups is 1. The minimum Gasteiger partial charge on any atom is -0.507 e. The Hall–Kier alpha value is -2.69. The number of carbonyl (C=O) groups excluding carboxylic acids is 1. The van der Waals surface area contributed by atoms with Crippen LogP contribution in [0.2, 0.25) is 0 Å². The number of phenols is 1. The van der Waals surface area contributed by atoms with Crippen molar-refractivity contribution in [2.24, 2.45) is 7.05 Å². The summed E-state index contributed by atoms with van der Waals surface area (Å²) in [5, 5.41) is 24.3. The summed E-state index contributed by atoms with van der Waals surface area (Å²) in [4.78, 5) is 16.9. The Balaban J connectivity index is 1.39. The molecule has 10 heteroatoms. The normalized spacial score (nSPS) is 10.9. The summed E-state index contributed by atoms with van der Waals surface area (Å²) < 4.78 is 2.57. The number of thiazole rings is 1. The minimum atomic E-state index is -0.176. The lowest BCUT2D eigenvalue weighted by molar-refractivity contribution is -0.113. The van der Waals surface area contributed by atoms with Gasteiger partial charge in [0, 0.05) is 22.5 Å². The number of amides is 1. The zero-order chi connectivity index (χ0) is 22.0. The molecular weight excluding hydrogens is 498 g/mol. The number of rotatable bonds is 6. The van der Waals surface area contributed by atoms with Crippen LogP contribution in [0.25, 0.3) is 22.6 Å². The number of hydrogen-bond acceptors (Lipinski definition) is 7. The van der Waals surface area contributed by atoms with Crippen molar-refractivity contribution in [2.75, 3.05) is 11.1 Å². The van der Waals surface area contributed by atoms with Crippen LogP contribution in [0.5, 0.6) is 5.75 Å². The Morgan fingerprint density at radius 2 is 2.00 bits per heavy atom. The molecule has 0 spiro atoms. The molecule has 31 heavy (non-hydrogen) atoms. The monoisotopic (exact) mass is 515 g/mol. The van der Waals surface area contributed by atoms with Crippen LogP contribution in [0, 0.1) is 6.92 Å². The van der Waals surface area contributed by atoms with Gasteiger partial charge in [-0.25, -0.2) is 4.98 Å². The van der Waals surface area contributed by atoms with E-state index in [0.717, 1.165) is 15.7 Å². The fourth-order valence-corrected chi connectivity index (χ4v) is 4.64. The lowest BCUT2D eigenvalue weighted by Crippen LogP contribution is -2.14. The number of aryl methyl sites for hydroxylation is 1. The summed E-state index contributed by atoms with van der Waals surface area (Å²) in [6.45, 7) is 2.04. The van der Waals surface area contributed by atoms with Crippen molar-refractivity contribution in [3.63, 3.8) is 0 Å². The van der Waals surface area contributed by atoms with Gasteiger partial charge in [0.2, 0.25) is 5.91 Å². The van der Waals surface area contributed by atoms with Crippen molar-refractivity contribution >= 4 is 50.1 Å². The molecule has 4 rings (SSSR count). The number of aromatic hydroxyl groups is 1. The first kappa shape index (κ1) is 21.5. The molecular formula is C21H18BrN5O2S2. The van der Waals surface area contributed by atoms with Gasteiger partial charge in [0.05, 0.1) is 17.0 Å². The van der Waals surface area contributed by atoms with Crippen LogP contribution in [-0.2, 0) is 11.8 Å². The number of thioether (sulfide) groups is 1. The van der Waals surface area contributed by atoms with E-state index in [0.29, 0.717) is 21.7 Å². The van der Waals surface area contributed by atoms with E-state index >= 15 is 0 Å². The highest BCUT2D eigenvalue weighted by Crippen LogP contribution is 2.32. The molecule has 2 aromatic carbocycles. The minimum absolute atomic E-state index is 0.112. The maximum Gasteiger partial charge on any atom is 0.236 e. The van der Waals surface area contributed by atoms with Crippen LogP contribution in [0.1, 0.15) is 5.56 Å². The van der Waals surface area contributed by atoms with Crippen LogP contribution in [0.3, 0.4) is 0 Å². The third-order valence-corrected chi connectivity index (χ3v) is 6.74. The number of aromatic nitrogens is 4. The van der Waals surface area contributed by atoms with E-state index in [1.54, 1.807) is 29.8 Å². The Kier molecular flexibility index (Phi) is 6.40. The highest BCUT2D eigenvalue weighted by atomic mass is 79.9. The second kappa shape index (κ2) is 9.21. The molecule has 2 N–H and O–H groups in total. The summed E-state index contributed by atoms with van der Waals surface area (Å²) in [5.74, 6) is 0.616. The van der Waals surface area contributed by atoms with Gasteiger partial charge in [0.25, 0.3) is 0 Å². The second-order valence-corrected chi connectivity index (χ2v) is 9.48. The standard InChI is InChI=1S/C21H18BrN5O2S2/c1-12-3-5-13(6-4-12)16-10-30-20(23-16)24-18(29)11-31-21-26-25-19(27(21)2)15-9-14(22)7-8-17(15)28/h3-10,28H,11H2,1-2H3,(H,23,24,29). The average Bonchev–Trinajstić information content (AvgIpc) is 3.35. The summed E-state index contributed by atoms with van der Waals surface area (Å²) in [5.41, 5.74) is 3.59. The van der Waals surface area contributed by atoms with Gasteiger partial charge in [-0.15, -0.1) is 21.5 Å². The molecule has 0 aliphatic carbocycles. The smallest absolute Gasteiger partial charge is 0.236 e. The Bertz CT molecular complexity index is 1240.